The third kappa shape index (κ3) is 4.48. The minimum absolute atomic E-state index is 0.115. The number of fused-ring (bicyclic) bond motifs is 1. The van der Waals surface area contributed by atoms with Crippen LogP contribution in [0.4, 0.5) is 4.39 Å². The van der Waals surface area contributed by atoms with Crippen molar-refractivity contribution in [1.82, 2.24) is 25.2 Å². The standard InChI is InChI=1S/C22H26FN5O2/c1-13(2)26-18-6-7-28(12-17(18)23)22(29)9-16-8-20-15(10-25-16)4-5-19(27-20)21-11-24-14(3)30-21/h4-5,8,10-11,13,17-18,26H,6-7,9,12H2,1-3H3/t17-,18-/m0/s1. The Kier molecular flexibility index (Phi) is 5.76. The van der Waals surface area contributed by atoms with Crippen molar-refractivity contribution in [2.24, 2.45) is 0 Å². The van der Waals surface area contributed by atoms with E-state index in [0.29, 0.717) is 36.0 Å². The minimum atomic E-state index is -1.07. The Hall–Kier alpha value is -2.87. The van der Waals surface area contributed by atoms with Crippen LogP contribution in [0.25, 0.3) is 22.4 Å². The Morgan fingerprint density at radius 2 is 2.17 bits per heavy atom. The van der Waals surface area contributed by atoms with Crippen LogP contribution in [0, 0.1) is 6.92 Å². The van der Waals surface area contributed by atoms with Gasteiger partial charge in [0.05, 0.1) is 30.4 Å². The monoisotopic (exact) mass is 411 g/mol. The molecule has 0 bridgehead atoms. The van der Waals surface area contributed by atoms with Crippen LogP contribution in [0.3, 0.4) is 0 Å². The number of carbonyl (C=O) groups excluding carboxylic acids is 1. The van der Waals surface area contributed by atoms with E-state index in [0.717, 1.165) is 10.9 Å². The first-order valence-electron chi connectivity index (χ1n) is 10.3. The number of amides is 1. The van der Waals surface area contributed by atoms with E-state index in [9.17, 15) is 9.18 Å². The molecule has 1 saturated heterocycles. The highest BCUT2D eigenvalue weighted by atomic mass is 19.1. The van der Waals surface area contributed by atoms with Crippen molar-refractivity contribution in [2.75, 3.05) is 13.1 Å². The molecule has 2 atom stereocenters. The third-order valence-corrected chi connectivity index (χ3v) is 5.28. The summed E-state index contributed by atoms with van der Waals surface area (Å²) < 4.78 is 20.0. The number of aryl methyl sites for hydroxylation is 1. The molecule has 0 spiro atoms. The van der Waals surface area contributed by atoms with Gasteiger partial charge in [0.15, 0.2) is 11.7 Å². The van der Waals surface area contributed by atoms with Crippen LogP contribution in [-0.4, -0.2) is 57.1 Å². The molecule has 0 aliphatic carbocycles. The van der Waals surface area contributed by atoms with Gasteiger partial charge in [-0.3, -0.25) is 9.78 Å². The number of halogens is 1. The number of oxazole rings is 1. The van der Waals surface area contributed by atoms with E-state index in [1.165, 1.54) is 0 Å². The van der Waals surface area contributed by atoms with Gasteiger partial charge in [-0.25, -0.2) is 14.4 Å². The average Bonchev–Trinajstić information content (AvgIpc) is 3.15. The van der Waals surface area contributed by atoms with Crippen molar-refractivity contribution in [2.45, 2.75) is 51.9 Å². The molecule has 0 radical (unpaired) electrons. The van der Waals surface area contributed by atoms with Gasteiger partial charge in [0.25, 0.3) is 0 Å². The molecule has 1 aliphatic rings. The topological polar surface area (TPSA) is 84.2 Å². The maximum Gasteiger partial charge on any atom is 0.228 e. The molecule has 1 fully saturated rings. The predicted molar refractivity (Wildman–Crippen MR) is 112 cm³/mol. The number of rotatable bonds is 5. The SMILES string of the molecule is Cc1ncc(-c2ccc3cnc(CC(=O)N4CC[C@H](NC(C)C)[C@@H](F)C4)cc3n2)o1. The zero-order valence-electron chi connectivity index (χ0n) is 17.4. The summed E-state index contributed by atoms with van der Waals surface area (Å²) in [5, 5.41) is 4.11. The first kappa shape index (κ1) is 20.4. The van der Waals surface area contributed by atoms with E-state index in [2.05, 4.69) is 20.3 Å². The minimum Gasteiger partial charge on any atom is -0.439 e. The predicted octanol–water partition coefficient (Wildman–Crippen LogP) is 3.07. The van der Waals surface area contributed by atoms with Gasteiger partial charge in [0.2, 0.25) is 5.91 Å². The highest BCUT2D eigenvalue weighted by Gasteiger charge is 2.31. The zero-order valence-corrected chi connectivity index (χ0v) is 17.4. The molecule has 3 aromatic heterocycles. The van der Waals surface area contributed by atoms with Crippen molar-refractivity contribution in [3.8, 4) is 11.5 Å². The van der Waals surface area contributed by atoms with Crippen LogP contribution in [0.2, 0.25) is 0 Å². The molecular formula is C22H26FN5O2. The van der Waals surface area contributed by atoms with Crippen LogP contribution in [-0.2, 0) is 11.2 Å². The van der Waals surface area contributed by atoms with Crippen molar-refractivity contribution in [3.63, 3.8) is 0 Å². The molecule has 1 amide bonds. The van der Waals surface area contributed by atoms with Crippen LogP contribution >= 0.6 is 0 Å². The lowest BCUT2D eigenvalue weighted by molar-refractivity contribution is -0.133. The Morgan fingerprint density at radius 1 is 1.33 bits per heavy atom. The fourth-order valence-electron chi connectivity index (χ4n) is 3.79. The van der Waals surface area contributed by atoms with Gasteiger partial charge < -0.3 is 14.6 Å². The summed E-state index contributed by atoms with van der Waals surface area (Å²) in [5.74, 6) is 1.05. The van der Waals surface area contributed by atoms with E-state index in [-0.39, 0.29) is 31.0 Å². The summed E-state index contributed by atoms with van der Waals surface area (Å²) in [6, 6.07) is 5.59. The van der Waals surface area contributed by atoms with Crippen molar-refractivity contribution < 1.29 is 13.6 Å². The lowest BCUT2D eigenvalue weighted by Gasteiger charge is -2.36. The summed E-state index contributed by atoms with van der Waals surface area (Å²) in [6.07, 6.45) is 3.01. The molecule has 7 nitrogen and oxygen atoms in total. The fraction of sp³-hybridized carbons (Fsp3) is 0.455. The Bertz CT molecular complexity index is 1050. The van der Waals surface area contributed by atoms with Gasteiger partial charge in [0, 0.05) is 37.1 Å². The summed E-state index contributed by atoms with van der Waals surface area (Å²) in [6.45, 7) is 6.44. The Balaban J connectivity index is 1.46. The molecule has 8 heteroatoms. The lowest BCUT2D eigenvalue weighted by Crippen LogP contribution is -2.54. The number of aromatic nitrogens is 3. The molecule has 0 aromatic carbocycles. The van der Waals surface area contributed by atoms with Gasteiger partial charge in [-0.05, 0) is 24.6 Å². The maximum absolute atomic E-state index is 14.5. The number of nitrogens with zero attached hydrogens (tertiary/aromatic N) is 4. The molecular weight excluding hydrogens is 385 g/mol. The second kappa shape index (κ2) is 8.47. The van der Waals surface area contributed by atoms with Gasteiger partial charge in [-0.15, -0.1) is 0 Å². The highest BCUT2D eigenvalue weighted by molar-refractivity contribution is 5.83. The number of alkyl halides is 1. The quantitative estimate of drug-likeness (QED) is 0.695. The second-order valence-electron chi connectivity index (χ2n) is 8.06. The van der Waals surface area contributed by atoms with E-state index in [1.807, 2.05) is 26.0 Å². The molecule has 4 heterocycles. The van der Waals surface area contributed by atoms with Crippen LogP contribution in [0.1, 0.15) is 31.9 Å². The van der Waals surface area contributed by atoms with Crippen molar-refractivity contribution in [3.05, 3.63) is 42.2 Å². The molecule has 1 N–H and O–H groups in total. The molecule has 30 heavy (non-hydrogen) atoms. The number of pyridine rings is 2. The van der Waals surface area contributed by atoms with Crippen molar-refractivity contribution in [1.29, 1.82) is 0 Å². The first-order valence-corrected chi connectivity index (χ1v) is 10.3. The number of hydrogen-bond donors (Lipinski definition) is 1. The normalized spacial score (nSPS) is 19.6. The van der Waals surface area contributed by atoms with Crippen LogP contribution in [0.5, 0.6) is 0 Å². The largest absolute Gasteiger partial charge is 0.439 e. The number of likely N-dealkylation sites (tertiary alicyclic amines) is 1. The summed E-state index contributed by atoms with van der Waals surface area (Å²) in [4.78, 5) is 27.4. The van der Waals surface area contributed by atoms with Crippen LogP contribution in [0.15, 0.2) is 35.0 Å². The summed E-state index contributed by atoms with van der Waals surface area (Å²) in [5.41, 5.74) is 2.01. The number of hydrogen-bond acceptors (Lipinski definition) is 6. The highest BCUT2D eigenvalue weighted by Crippen LogP contribution is 2.22. The third-order valence-electron chi connectivity index (χ3n) is 5.28. The van der Waals surface area contributed by atoms with Gasteiger partial charge in [-0.1, -0.05) is 13.8 Å². The molecule has 158 valence electrons. The number of nitrogens with one attached hydrogen (secondary N) is 1. The van der Waals surface area contributed by atoms with Crippen LogP contribution < -0.4 is 5.32 Å². The van der Waals surface area contributed by atoms with E-state index >= 15 is 0 Å². The number of piperidine rings is 1. The summed E-state index contributed by atoms with van der Waals surface area (Å²) >= 11 is 0. The Labute approximate surface area is 174 Å². The average molecular weight is 411 g/mol. The molecule has 4 rings (SSSR count). The smallest absolute Gasteiger partial charge is 0.228 e. The Morgan fingerprint density at radius 3 is 2.87 bits per heavy atom. The lowest BCUT2D eigenvalue weighted by atomic mass is 10.0. The van der Waals surface area contributed by atoms with Gasteiger partial charge in [0.1, 0.15) is 11.9 Å². The first-order chi connectivity index (χ1) is 14.4. The van der Waals surface area contributed by atoms with Crippen molar-refractivity contribution >= 4 is 16.8 Å². The van der Waals surface area contributed by atoms with E-state index < -0.39 is 6.17 Å². The zero-order chi connectivity index (χ0) is 21.3. The molecule has 1 aliphatic heterocycles. The molecule has 3 aromatic rings. The second-order valence-corrected chi connectivity index (χ2v) is 8.06. The van der Waals surface area contributed by atoms with E-state index in [1.54, 1.807) is 30.3 Å². The fourth-order valence-corrected chi connectivity index (χ4v) is 3.79. The van der Waals surface area contributed by atoms with Gasteiger partial charge >= 0.3 is 0 Å². The summed E-state index contributed by atoms with van der Waals surface area (Å²) in [7, 11) is 0. The maximum atomic E-state index is 14.5. The molecule has 0 saturated carbocycles. The van der Waals surface area contributed by atoms with E-state index in [4.69, 9.17) is 4.42 Å². The number of carbonyl (C=O) groups is 1. The van der Waals surface area contributed by atoms with Gasteiger partial charge in [-0.2, -0.15) is 0 Å². The molecule has 0 unspecified atom stereocenters.